The second-order valence-corrected chi connectivity index (χ2v) is 7.09. The predicted molar refractivity (Wildman–Crippen MR) is 135 cm³/mol. The Morgan fingerprint density at radius 1 is 1.06 bits per heavy atom. The standard InChI is InChI=1S/C23H32N4O3.HI/c1-4-24-23(27-16-22(29)25-14-18-9-6-5-7-10-18)26-15-21(28)19-11-8-12-20(13-19)30-17(2)3;/h5-13,17,21,28H,4,14-16H2,1-3H3,(H,25,29)(H2,24,26,27);1H. The van der Waals surface area contributed by atoms with Gasteiger partial charge in [0.05, 0.1) is 12.2 Å². The molecule has 2 aromatic carbocycles. The third-order valence-electron chi connectivity index (χ3n) is 4.14. The van der Waals surface area contributed by atoms with Crippen LogP contribution in [0.2, 0.25) is 0 Å². The molecule has 0 saturated carbocycles. The van der Waals surface area contributed by atoms with E-state index in [1.807, 2.05) is 75.4 Å². The number of rotatable bonds is 10. The Morgan fingerprint density at radius 3 is 2.48 bits per heavy atom. The zero-order valence-electron chi connectivity index (χ0n) is 18.3. The van der Waals surface area contributed by atoms with Gasteiger partial charge in [-0.25, -0.2) is 4.99 Å². The summed E-state index contributed by atoms with van der Waals surface area (Å²) in [5.41, 5.74) is 1.78. The van der Waals surface area contributed by atoms with Crippen LogP contribution in [-0.4, -0.2) is 42.7 Å². The highest BCUT2D eigenvalue weighted by Crippen LogP contribution is 2.19. The van der Waals surface area contributed by atoms with Crippen LogP contribution in [0.4, 0.5) is 0 Å². The monoisotopic (exact) mass is 540 g/mol. The number of halogens is 1. The van der Waals surface area contributed by atoms with Gasteiger partial charge in [-0.2, -0.15) is 0 Å². The first-order valence-electron chi connectivity index (χ1n) is 10.3. The van der Waals surface area contributed by atoms with Gasteiger partial charge in [0.25, 0.3) is 0 Å². The molecule has 0 aliphatic heterocycles. The van der Waals surface area contributed by atoms with Gasteiger partial charge < -0.3 is 25.8 Å². The van der Waals surface area contributed by atoms with Crippen LogP contribution in [0.15, 0.2) is 59.6 Å². The largest absolute Gasteiger partial charge is 0.491 e. The van der Waals surface area contributed by atoms with E-state index < -0.39 is 6.10 Å². The smallest absolute Gasteiger partial charge is 0.242 e. The molecule has 0 radical (unpaired) electrons. The van der Waals surface area contributed by atoms with Crippen molar-refractivity contribution in [3.8, 4) is 5.75 Å². The lowest BCUT2D eigenvalue weighted by atomic mass is 10.1. The lowest BCUT2D eigenvalue weighted by Crippen LogP contribution is -2.40. The van der Waals surface area contributed by atoms with Crippen LogP contribution in [0.25, 0.3) is 0 Å². The van der Waals surface area contributed by atoms with Crippen LogP contribution in [0.5, 0.6) is 5.75 Å². The Morgan fingerprint density at radius 2 is 1.81 bits per heavy atom. The Bertz CT molecular complexity index is 815. The van der Waals surface area contributed by atoms with Gasteiger partial charge in [0.2, 0.25) is 5.91 Å². The van der Waals surface area contributed by atoms with E-state index >= 15 is 0 Å². The van der Waals surface area contributed by atoms with Gasteiger partial charge in [-0.15, -0.1) is 24.0 Å². The second kappa shape index (κ2) is 14.6. The molecule has 8 heteroatoms. The van der Waals surface area contributed by atoms with Crippen molar-refractivity contribution in [3.63, 3.8) is 0 Å². The minimum atomic E-state index is -0.739. The van der Waals surface area contributed by atoms with E-state index in [0.717, 1.165) is 16.9 Å². The van der Waals surface area contributed by atoms with Gasteiger partial charge in [-0.1, -0.05) is 42.5 Å². The molecule has 2 rings (SSSR count). The Hall–Kier alpha value is -2.33. The molecule has 1 amide bonds. The van der Waals surface area contributed by atoms with E-state index in [2.05, 4.69) is 20.9 Å². The Kier molecular flexibility index (Phi) is 12.6. The maximum absolute atomic E-state index is 12.1. The molecule has 0 aliphatic rings. The van der Waals surface area contributed by atoms with Crippen molar-refractivity contribution in [2.45, 2.75) is 39.5 Å². The lowest BCUT2D eigenvalue weighted by Gasteiger charge is -2.17. The summed E-state index contributed by atoms with van der Waals surface area (Å²) >= 11 is 0. The number of benzene rings is 2. The highest BCUT2D eigenvalue weighted by atomic mass is 127. The normalized spacial score (nSPS) is 12.0. The molecule has 170 valence electrons. The van der Waals surface area contributed by atoms with Crippen LogP contribution >= 0.6 is 24.0 Å². The molecule has 0 spiro atoms. The average Bonchev–Trinajstić information content (AvgIpc) is 2.74. The molecule has 7 nitrogen and oxygen atoms in total. The fourth-order valence-electron chi connectivity index (χ4n) is 2.72. The molecule has 31 heavy (non-hydrogen) atoms. The molecule has 0 saturated heterocycles. The van der Waals surface area contributed by atoms with Gasteiger partial charge in [0, 0.05) is 19.6 Å². The zero-order valence-corrected chi connectivity index (χ0v) is 20.6. The van der Waals surface area contributed by atoms with Crippen LogP contribution in [0.1, 0.15) is 38.0 Å². The lowest BCUT2D eigenvalue weighted by molar-refractivity contribution is -0.119. The number of hydrogen-bond donors (Lipinski definition) is 4. The van der Waals surface area contributed by atoms with Crippen molar-refractivity contribution in [1.29, 1.82) is 0 Å². The highest BCUT2D eigenvalue weighted by Gasteiger charge is 2.10. The molecule has 1 unspecified atom stereocenters. The minimum absolute atomic E-state index is 0. The summed E-state index contributed by atoms with van der Waals surface area (Å²) in [6.07, 6.45) is -0.674. The minimum Gasteiger partial charge on any atom is -0.491 e. The van der Waals surface area contributed by atoms with Gasteiger partial charge >= 0.3 is 0 Å². The SMILES string of the molecule is CCNC(=NCC(=O)NCc1ccccc1)NCC(O)c1cccc(OC(C)C)c1.I. The number of nitrogens with one attached hydrogen (secondary N) is 3. The first kappa shape index (κ1) is 26.7. The van der Waals surface area contributed by atoms with Gasteiger partial charge in [-0.3, -0.25) is 4.79 Å². The molecular weight excluding hydrogens is 507 g/mol. The van der Waals surface area contributed by atoms with Crippen molar-refractivity contribution >= 4 is 35.8 Å². The number of amides is 1. The number of aliphatic hydroxyl groups excluding tert-OH is 1. The van der Waals surface area contributed by atoms with Crippen molar-refractivity contribution < 1.29 is 14.6 Å². The van der Waals surface area contributed by atoms with E-state index in [0.29, 0.717) is 19.0 Å². The zero-order chi connectivity index (χ0) is 21.8. The number of carbonyl (C=O) groups excluding carboxylic acids is 1. The highest BCUT2D eigenvalue weighted by molar-refractivity contribution is 14.0. The van der Waals surface area contributed by atoms with E-state index in [1.165, 1.54) is 0 Å². The number of hydrogen-bond acceptors (Lipinski definition) is 4. The molecule has 0 aromatic heterocycles. The van der Waals surface area contributed by atoms with Crippen molar-refractivity contribution in [2.24, 2.45) is 4.99 Å². The first-order valence-corrected chi connectivity index (χ1v) is 10.3. The molecule has 4 N–H and O–H groups in total. The van der Waals surface area contributed by atoms with Crippen molar-refractivity contribution in [2.75, 3.05) is 19.6 Å². The summed E-state index contributed by atoms with van der Waals surface area (Å²) in [6, 6.07) is 17.1. The van der Waals surface area contributed by atoms with Crippen LogP contribution < -0.4 is 20.7 Å². The topological polar surface area (TPSA) is 95.0 Å². The average molecular weight is 540 g/mol. The Balaban J connectivity index is 0.00000480. The molecule has 0 fully saturated rings. The maximum atomic E-state index is 12.1. The van der Waals surface area contributed by atoms with E-state index in [4.69, 9.17) is 4.74 Å². The predicted octanol–water partition coefficient (Wildman–Crippen LogP) is 3.00. The van der Waals surface area contributed by atoms with E-state index in [9.17, 15) is 9.90 Å². The van der Waals surface area contributed by atoms with Crippen molar-refractivity contribution in [3.05, 3.63) is 65.7 Å². The fraction of sp³-hybridized carbons (Fsp3) is 0.391. The fourth-order valence-corrected chi connectivity index (χ4v) is 2.72. The van der Waals surface area contributed by atoms with E-state index in [1.54, 1.807) is 0 Å². The summed E-state index contributed by atoms with van der Waals surface area (Å²) < 4.78 is 5.68. The van der Waals surface area contributed by atoms with Crippen LogP contribution in [0, 0.1) is 0 Å². The van der Waals surface area contributed by atoms with E-state index in [-0.39, 0.29) is 49.1 Å². The Labute approximate surface area is 201 Å². The summed E-state index contributed by atoms with van der Waals surface area (Å²) in [6.45, 7) is 7.21. The molecule has 0 bridgehead atoms. The van der Waals surface area contributed by atoms with Gasteiger partial charge in [0.1, 0.15) is 12.3 Å². The van der Waals surface area contributed by atoms with Gasteiger partial charge in [0.15, 0.2) is 5.96 Å². The molecule has 2 aromatic rings. The third-order valence-corrected chi connectivity index (χ3v) is 4.14. The number of ether oxygens (including phenoxy) is 1. The summed E-state index contributed by atoms with van der Waals surface area (Å²) in [7, 11) is 0. The number of nitrogens with zero attached hydrogens (tertiary/aromatic N) is 1. The number of aliphatic imine (C=N–C) groups is 1. The van der Waals surface area contributed by atoms with Crippen LogP contribution in [-0.2, 0) is 11.3 Å². The molecular formula is C23H33IN4O3. The summed E-state index contributed by atoms with van der Waals surface area (Å²) in [5.74, 6) is 1.02. The van der Waals surface area contributed by atoms with Crippen LogP contribution in [0.3, 0.4) is 0 Å². The quantitative estimate of drug-likeness (QED) is 0.211. The summed E-state index contributed by atoms with van der Waals surface area (Å²) in [5, 5.41) is 19.5. The number of aliphatic hydroxyl groups is 1. The molecule has 1 atom stereocenters. The molecule has 0 aliphatic carbocycles. The van der Waals surface area contributed by atoms with Gasteiger partial charge in [-0.05, 0) is 44.0 Å². The van der Waals surface area contributed by atoms with Crippen molar-refractivity contribution in [1.82, 2.24) is 16.0 Å². The maximum Gasteiger partial charge on any atom is 0.242 e. The first-order chi connectivity index (χ1) is 14.5. The number of carbonyl (C=O) groups is 1. The third kappa shape index (κ3) is 10.5. The summed E-state index contributed by atoms with van der Waals surface area (Å²) in [4.78, 5) is 16.4. The molecule has 0 heterocycles. The second-order valence-electron chi connectivity index (χ2n) is 7.09. The number of guanidine groups is 1.